The lowest BCUT2D eigenvalue weighted by molar-refractivity contribution is -0.929. The van der Waals surface area contributed by atoms with E-state index in [1.54, 1.807) is 6.07 Å². The molecule has 190 valence electrons. The topological polar surface area (TPSA) is 94.5 Å². The van der Waals surface area contributed by atoms with Crippen LogP contribution in [0.5, 0.6) is 0 Å². The zero-order chi connectivity index (χ0) is 20.5. The van der Waals surface area contributed by atoms with Crippen molar-refractivity contribution in [3.8, 4) is 0 Å². The standard InChI is InChI=1S/C16H36N.C7H6BrFS.FH.3H2O/c1-5-9-13-17(14-10-6-2,15-11-7-3)16-12-8-4;1-10-7-3-2-5(8)4-6(7)9;;;;/h5-16H2,1-4H3;2-4H,1H3;1H;3*1H2/q+1;;;;;/p-1. The Morgan fingerprint density at radius 1 is 0.774 bits per heavy atom. The maximum atomic E-state index is 12.8. The Kier molecular flexibility index (Phi) is 34.4. The molecule has 6 N–H and O–H groups in total. The predicted octanol–water partition coefficient (Wildman–Crippen LogP) is 2.84. The molecule has 8 heteroatoms. The zero-order valence-electron chi connectivity index (χ0n) is 20.2. The minimum Gasteiger partial charge on any atom is -1.00 e. The second kappa shape index (κ2) is 26.0. The zero-order valence-corrected chi connectivity index (χ0v) is 22.6. The Bertz CT molecular complexity index is 462. The minimum atomic E-state index is -0.165. The Morgan fingerprint density at radius 3 is 1.39 bits per heavy atom. The maximum absolute atomic E-state index is 12.8. The van der Waals surface area contributed by atoms with E-state index in [1.165, 1.54) is 99.9 Å². The van der Waals surface area contributed by atoms with Crippen molar-refractivity contribution >= 4 is 27.7 Å². The highest BCUT2D eigenvalue weighted by Crippen LogP contribution is 2.22. The fraction of sp³-hybridized carbons (Fsp3) is 0.739. The number of rotatable bonds is 13. The van der Waals surface area contributed by atoms with Crippen molar-refractivity contribution < 1.29 is 30.0 Å². The smallest absolute Gasteiger partial charge is 0.137 e. The third kappa shape index (κ3) is 19.0. The fourth-order valence-corrected chi connectivity index (χ4v) is 4.08. The molecule has 0 unspecified atom stereocenters. The van der Waals surface area contributed by atoms with Crippen molar-refractivity contribution in [1.82, 2.24) is 0 Å². The van der Waals surface area contributed by atoms with Gasteiger partial charge < -0.3 is 25.6 Å². The summed E-state index contributed by atoms with van der Waals surface area (Å²) in [5.74, 6) is -0.165. The predicted molar refractivity (Wildman–Crippen MR) is 136 cm³/mol. The van der Waals surface area contributed by atoms with Crippen molar-refractivity contribution in [3.05, 3.63) is 28.5 Å². The first kappa shape index (κ1) is 41.0. The highest BCUT2D eigenvalue weighted by molar-refractivity contribution is 9.10. The first-order chi connectivity index (χ1) is 13.0. The molecule has 31 heavy (non-hydrogen) atoms. The first-order valence-corrected chi connectivity index (χ1v) is 12.8. The van der Waals surface area contributed by atoms with Crippen molar-refractivity contribution in [2.24, 2.45) is 0 Å². The molecule has 0 fully saturated rings. The van der Waals surface area contributed by atoms with Crippen LogP contribution in [0, 0.1) is 5.82 Å². The van der Waals surface area contributed by atoms with Gasteiger partial charge in [-0.05, 0) is 50.1 Å². The van der Waals surface area contributed by atoms with Gasteiger partial charge in [0.15, 0.2) is 0 Å². The van der Waals surface area contributed by atoms with Crippen LogP contribution in [0.4, 0.5) is 4.39 Å². The number of quaternary nitrogens is 1. The summed E-state index contributed by atoms with van der Waals surface area (Å²) in [6, 6.07) is 5.05. The molecule has 0 heterocycles. The van der Waals surface area contributed by atoms with Crippen LogP contribution in [0.25, 0.3) is 0 Å². The Hall–Kier alpha value is -0.250. The van der Waals surface area contributed by atoms with E-state index in [2.05, 4.69) is 43.6 Å². The van der Waals surface area contributed by atoms with Gasteiger partial charge in [0.25, 0.3) is 0 Å². The summed E-state index contributed by atoms with van der Waals surface area (Å²) >= 11 is 4.58. The molecule has 0 spiro atoms. The van der Waals surface area contributed by atoms with E-state index in [4.69, 9.17) is 0 Å². The van der Waals surface area contributed by atoms with Gasteiger partial charge in [-0.2, -0.15) is 0 Å². The molecule has 0 aromatic heterocycles. The van der Waals surface area contributed by atoms with Gasteiger partial charge in [0.2, 0.25) is 0 Å². The number of nitrogens with zero attached hydrogens (tertiary/aromatic N) is 1. The lowest BCUT2D eigenvalue weighted by atomic mass is 10.1. The van der Waals surface area contributed by atoms with Gasteiger partial charge in [-0.15, -0.1) is 11.8 Å². The monoisotopic (exact) mass is 535 g/mol. The summed E-state index contributed by atoms with van der Waals surface area (Å²) in [6.45, 7) is 15.0. The van der Waals surface area contributed by atoms with E-state index in [1.807, 2.05) is 12.3 Å². The van der Waals surface area contributed by atoms with Crippen LogP contribution in [0.15, 0.2) is 27.6 Å². The van der Waals surface area contributed by atoms with E-state index < -0.39 is 0 Å². The van der Waals surface area contributed by atoms with Crippen LogP contribution < -0.4 is 4.70 Å². The molecule has 0 aliphatic carbocycles. The van der Waals surface area contributed by atoms with Gasteiger partial charge in [0.05, 0.1) is 26.2 Å². The van der Waals surface area contributed by atoms with Crippen LogP contribution >= 0.6 is 27.7 Å². The molecule has 1 rings (SSSR count). The molecule has 0 aliphatic heterocycles. The van der Waals surface area contributed by atoms with Crippen molar-refractivity contribution in [2.75, 3.05) is 32.4 Å². The number of benzene rings is 1. The number of hydrogen-bond acceptors (Lipinski definition) is 1. The van der Waals surface area contributed by atoms with Crippen molar-refractivity contribution in [3.63, 3.8) is 0 Å². The lowest BCUT2D eigenvalue weighted by Gasteiger charge is -2.39. The largest absolute Gasteiger partial charge is 1.00 e. The van der Waals surface area contributed by atoms with Gasteiger partial charge in [0.1, 0.15) is 5.82 Å². The van der Waals surface area contributed by atoms with E-state index in [-0.39, 0.29) is 27.0 Å². The van der Waals surface area contributed by atoms with Crippen LogP contribution in [-0.4, -0.2) is 53.3 Å². The Balaban J connectivity index is -0.000000140. The normalized spacial score (nSPS) is 9.77. The van der Waals surface area contributed by atoms with Gasteiger partial charge in [0, 0.05) is 9.37 Å². The third-order valence-corrected chi connectivity index (χ3v) is 6.32. The second-order valence-corrected chi connectivity index (χ2v) is 9.19. The second-order valence-electron chi connectivity index (χ2n) is 7.43. The Morgan fingerprint density at radius 2 is 1.13 bits per heavy atom. The van der Waals surface area contributed by atoms with Crippen molar-refractivity contribution in [2.45, 2.75) is 84.0 Å². The van der Waals surface area contributed by atoms with Gasteiger partial charge in [-0.25, -0.2) is 4.39 Å². The number of hydrogen-bond donors (Lipinski definition) is 0. The molecule has 0 radical (unpaired) electrons. The number of halogens is 3. The highest BCUT2D eigenvalue weighted by atomic mass is 79.9. The molecule has 0 bridgehead atoms. The van der Waals surface area contributed by atoms with Crippen LogP contribution in [0.3, 0.4) is 0 Å². The number of thioether (sulfide) groups is 1. The quantitative estimate of drug-likeness (QED) is 0.281. The van der Waals surface area contributed by atoms with Crippen molar-refractivity contribution in [1.29, 1.82) is 0 Å². The van der Waals surface area contributed by atoms with Gasteiger partial charge >= 0.3 is 0 Å². The maximum Gasteiger partial charge on any atom is 0.137 e. The summed E-state index contributed by atoms with van der Waals surface area (Å²) in [6.07, 6.45) is 12.9. The summed E-state index contributed by atoms with van der Waals surface area (Å²) in [7, 11) is 0. The molecule has 1 aromatic rings. The fourth-order valence-electron chi connectivity index (χ4n) is 3.29. The summed E-state index contributed by atoms with van der Waals surface area (Å²) in [5.41, 5.74) is 0. The third-order valence-electron chi connectivity index (χ3n) is 5.06. The summed E-state index contributed by atoms with van der Waals surface area (Å²) < 4.78 is 15.0. The average Bonchev–Trinajstić information content (AvgIpc) is 2.67. The van der Waals surface area contributed by atoms with Crippen LogP contribution in [0.1, 0.15) is 79.1 Å². The molecule has 0 amide bonds. The van der Waals surface area contributed by atoms with Crippen LogP contribution in [0.2, 0.25) is 0 Å². The molecule has 4 nitrogen and oxygen atoms in total. The summed E-state index contributed by atoms with van der Waals surface area (Å²) in [5, 5.41) is 0. The SMILES string of the molecule is CCCC[N+](CCCC)(CCCC)CCCC.CSc1ccc(Br)cc1F.O.O.O.[F-]. The minimum absolute atomic E-state index is 0. The molecule has 0 atom stereocenters. The number of unbranched alkanes of at least 4 members (excludes halogenated alkanes) is 4. The van der Waals surface area contributed by atoms with E-state index in [0.29, 0.717) is 4.90 Å². The molecule has 0 aliphatic rings. The van der Waals surface area contributed by atoms with Gasteiger partial charge in [-0.3, -0.25) is 0 Å². The van der Waals surface area contributed by atoms with Gasteiger partial charge in [-0.1, -0.05) is 69.3 Å². The van der Waals surface area contributed by atoms with E-state index in [9.17, 15) is 4.39 Å². The average molecular weight is 537 g/mol. The molecule has 1 aromatic carbocycles. The molecular formula is C23H48BrF2NO3S. The van der Waals surface area contributed by atoms with Crippen LogP contribution in [-0.2, 0) is 0 Å². The van der Waals surface area contributed by atoms with E-state index in [0.717, 1.165) is 4.47 Å². The van der Waals surface area contributed by atoms with E-state index >= 15 is 0 Å². The Labute approximate surface area is 202 Å². The lowest BCUT2D eigenvalue weighted by Crippen LogP contribution is -3.00. The molecule has 0 saturated carbocycles. The highest BCUT2D eigenvalue weighted by Gasteiger charge is 2.24. The molecule has 0 saturated heterocycles. The first-order valence-electron chi connectivity index (χ1n) is 10.8. The summed E-state index contributed by atoms with van der Waals surface area (Å²) in [4.78, 5) is 0.684. The molecular weight excluding hydrogens is 488 g/mol.